The van der Waals surface area contributed by atoms with Gasteiger partial charge >= 0.3 is 5.97 Å². The first-order valence-corrected chi connectivity index (χ1v) is 38.4. The molecule has 87 heavy (non-hydrogen) atoms. The number of likely N-dealkylation sites (N-methyl/N-ethyl adjacent to an activating group) is 1. The number of nitrogens with one attached hydrogen (secondary N) is 1. The number of phosphoric acid groups is 1. The molecule has 3 unspecified atom stereocenters. The molecule has 0 saturated carbocycles. The zero-order valence-electron chi connectivity index (χ0n) is 58.0. The molecule has 0 bridgehead atoms. The third kappa shape index (κ3) is 67.4. The number of hydrogen-bond acceptors (Lipinski definition) is 7. The van der Waals surface area contributed by atoms with Crippen molar-refractivity contribution in [3.8, 4) is 0 Å². The van der Waals surface area contributed by atoms with Gasteiger partial charge in [0.05, 0.1) is 33.8 Å². The lowest BCUT2D eigenvalue weighted by molar-refractivity contribution is -0.870. The maximum absolute atomic E-state index is 13.6. The van der Waals surface area contributed by atoms with Crippen LogP contribution in [0.5, 0.6) is 0 Å². The van der Waals surface area contributed by atoms with E-state index in [0.717, 1.165) is 109 Å². The Kier molecular flexibility index (Phi) is 64.0. The molecular formula is C77H141N2O7P. The largest absolute Gasteiger partial charge is 0.756 e. The molecule has 1 N–H and O–H groups in total. The predicted molar refractivity (Wildman–Crippen MR) is 376 cm³/mol. The third-order valence-electron chi connectivity index (χ3n) is 16.3. The first-order valence-electron chi connectivity index (χ1n) is 36.9. The van der Waals surface area contributed by atoms with Gasteiger partial charge in [0.2, 0.25) is 5.91 Å². The van der Waals surface area contributed by atoms with Crippen LogP contribution in [0, 0.1) is 0 Å². The fraction of sp³-hybridized carbons (Fsp3) is 0.792. The summed E-state index contributed by atoms with van der Waals surface area (Å²) in [6.07, 6.45) is 88.5. The van der Waals surface area contributed by atoms with Gasteiger partial charge < -0.3 is 28.5 Å². The van der Waals surface area contributed by atoms with Gasteiger partial charge in [0, 0.05) is 12.8 Å². The van der Waals surface area contributed by atoms with Crippen molar-refractivity contribution in [1.29, 1.82) is 0 Å². The Labute approximate surface area is 539 Å². The van der Waals surface area contributed by atoms with E-state index in [1.165, 1.54) is 199 Å². The summed E-state index contributed by atoms with van der Waals surface area (Å²) in [5.74, 6) is -0.538. The molecule has 0 aliphatic rings. The summed E-state index contributed by atoms with van der Waals surface area (Å²) in [5, 5.41) is 3.05. The summed E-state index contributed by atoms with van der Waals surface area (Å²) in [7, 11) is 1.18. The highest BCUT2D eigenvalue weighted by molar-refractivity contribution is 7.45. The molecule has 1 amide bonds. The van der Waals surface area contributed by atoms with Crippen molar-refractivity contribution in [3.05, 3.63) is 85.1 Å². The Hall–Kier alpha value is -2.81. The first-order chi connectivity index (χ1) is 42.4. The highest BCUT2D eigenvalue weighted by Gasteiger charge is 2.27. The van der Waals surface area contributed by atoms with Gasteiger partial charge in [-0.3, -0.25) is 14.2 Å². The molecule has 10 heteroatoms. The molecule has 3 atom stereocenters. The number of carbonyl (C=O) groups is 2. The Balaban J connectivity index is 5.08. The van der Waals surface area contributed by atoms with Gasteiger partial charge in [-0.05, 0) is 83.1 Å². The SMILES string of the molecule is CC/C=C\C/C=C\C/C=C\C/C=C\C/C=C\C/C=C\CCCCCCCCCCC(=O)NC(COP(=O)([O-])OCC[N+](C)(C)C)C(/C=C\CCCCCCCCCCCCC)OC(=O)CCCCCCCCCCCCCCCCCCCCCCC. The van der Waals surface area contributed by atoms with E-state index < -0.39 is 26.6 Å². The van der Waals surface area contributed by atoms with Crippen LogP contribution in [-0.2, 0) is 27.9 Å². The average molecular weight is 1240 g/mol. The first kappa shape index (κ1) is 84.2. The van der Waals surface area contributed by atoms with Gasteiger partial charge in [0.25, 0.3) is 7.82 Å². The van der Waals surface area contributed by atoms with Gasteiger partial charge in [-0.2, -0.15) is 0 Å². The van der Waals surface area contributed by atoms with Crippen LogP contribution in [0.15, 0.2) is 85.1 Å². The molecule has 0 rings (SSSR count). The van der Waals surface area contributed by atoms with Crippen molar-refractivity contribution in [2.24, 2.45) is 0 Å². The summed E-state index contributed by atoms with van der Waals surface area (Å²) in [4.78, 5) is 40.3. The van der Waals surface area contributed by atoms with E-state index in [4.69, 9.17) is 13.8 Å². The second-order valence-electron chi connectivity index (χ2n) is 26.1. The normalized spacial score (nSPS) is 14.0. The van der Waals surface area contributed by atoms with Crippen LogP contribution >= 0.6 is 7.82 Å². The van der Waals surface area contributed by atoms with Gasteiger partial charge in [-0.1, -0.05) is 331 Å². The molecule has 0 heterocycles. The quantitative estimate of drug-likeness (QED) is 0.0212. The summed E-state index contributed by atoms with van der Waals surface area (Å²) >= 11 is 0. The number of unbranched alkanes of at least 4 members (excludes halogenated alkanes) is 39. The van der Waals surface area contributed by atoms with Crippen LogP contribution in [0.1, 0.15) is 342 Å². The molecule has 9 nitrogen and oxygen atoms in total. The number of phosphoric ester groups is 1. The molecule has 506 valence electrons. The van der Waals surface area contributed by atoms with Crippen molar-refractivity contribution in [1.82, 2.24) is 5.32 Å². The molecule has 0 radical (unpaired) electrons. The highest BCUT2D eigenvalue weighted by Crippen LogP contribution is 2.38. The van der Waals surface area contributed by atoms with E-state index in [0.29, 0.717) is 17.4 Å². The second-order valence-corrected chi connectivity index (χ2v) is 27.5. The number of ether oxygens (including phenoxy) is 1. The lowest BCUT2D eigenvalue weighted by Crippen LogP contribution is -2.47. The van der Waals surface area contributed by atoms with Crippen LogP contribution in [0.2, 0.25) is 0 Å². The summed E-state index contributed by atoms with van der Waals surface area (Å²) < 4.78 is 30.5. The van der Waals surface area contributed by atoms with Gasteiger partial charge in [0.1, 0.15) is 19.3 Å². The number of nitrogens with zero attached hydrogens (tertiary/aromatic N) is 1. The molecule has 0 aromatic carbocycles. The second kappa shape index (κ2) is 66.1. The number of rotatable bonds is 67. The number of hydrogen-bond donors (Lipinski definition) is 1. The molecule has 0 aromatic rings. The number of amides is 1. The Morgan fingerprint density at radius 3 is 1.10 bits per heavy atom. The Bertz CT molecular complexity index is 1760. The lowest BCUT2D eigenvalue weighted by atomic mass is 10.0. The van der Waals surface area contributed by atoms with Crippen molar-refractivity contribution in [3.63, 3.8) is 0 Å². The van der Waals surface area contributed by atoms with Crippen molar-refractivity contribution in [2.75, 3.05) is 40.9 Å². The number of esters is 1. The van der Waals surface area contributed by atoms with E-state index >= 15 is 0 Å². The number of carbonyl (C=O) groups excluding carboxylic acids is 2. The maximum Gasteiger partial charge on any atom is 0.306 e. The van der Waals surface area contributed by atoms with Crippen molar-refractivity contribution in [2.45, 2.75) is 354 Å². The summed E-state index contributed by atoms with van der Waals surface area (Å²) in [6.45, 7) is 6.77. The summed E-state index contributed by atoms with van der Waals surface area (Å²) in [6, 6.07) is -0.896. The van der Waals surface area contributed by atoms with Gasteiger partial charge in [-0.15, -0.1) is 0 Å². The van der Waals surface area contributed by atoms with Crippen LogP contribution in [-0.4, -0.2) is 69.4 Å². The number of quaternary nitrogens is 1. The molecular weight excluding hydrogens is 1100 g/mol. The molecule has 0 aliphatic heterocycles. The van der Waals surface area contributed by atoms with Crippen molar-refractivity contribution >= 4 is 19.7 Å². The van der Waals surface area contributed by atoms with Crippen molar-refractivity contribution < 1.29 is 37.3 Å². The zero-order valence-corrected chi connectivity index (χ0v) is 58.9. The molecule has 0 aromatic heterocycles. The van der Waals surface area contributed by atoms with Gasteiger partial charge in [0.15, 0.2) is 0 Å². The molecule has 0 saturated heterocycles. The average Bonchev–Trinajstić information content (AvgIpc) is 3.69. The minimum atomic E-state index is -4.71. The fourth-order valence-electron chi connectivity index (χ4n) is 10.7. The highest BCUT2D eigenvalue weighted by atomic mass is 31.2. The minimum absolute atomic E-state index is 0.0254. The van der Waals surface area contributed by atoms with Gasteiger partial charge in [-0.25, -0.2) is 0 Å². The minimum Gasteiger partial charge on any atom is -0.756 e. The smallest absolute Gasteiger partial charge is 0.306 e. The predicted octanol–water partition coefficient (Wildman–Crippen LogP) is 23.0. The third-order valence-corrected chi connectivity index (χ3v) is 17.3. The molecule has 0 aliphatic carbocycles. The maximum atomic E-state index is 13.6. The van der Waals surface area contributed by atoms with E-state index in [1.54, 1.807) is 0 Å². The molecule has 0 spiro atoms. The van der Waals surface area contributed by atoms with E-state index in [-0.39, 0.29) is 24.9 Å². The summed E-state index contributed by atoms with van der Waals surface area (Å²) in [5.41, 5.74) is 0. The standard InChI is InChI=1S/C77H141N2O7P/c1-7-10-13-16-19-22-25-28-30-32-34-36-37-38-39-40-41-43-44-46-48-51-54-57-60-63-66-69-76(80)78-74(73-85-87(82,83)84-72-71-79(4,5)6)75(68-65-62-59-56-53-50-27-24-21-18-15-12-9-3)86-77(81)70-67-64-61-58-55-52-49-47-45-42-35-33-31-29-26-23-20-17-14-11-8-2/h10,13,19,22,28,30,34,36,38-39,41,43,65,68,74-75H,7-9,11-12,14-18,20-21,23-27,29,31-33,35,37,40,42,44-64,66-67,69-73H2,1-6H3,(H-,78,80,82,83)/b13-10-,22-19-,30-28-,36-34-,39-38-,43-41-,68-65-. The van der Waals surface area contributed by atoms with E-state index in [9.17, 15) is 19.0 Å². The molecule has 0 fully saturated rings. The Morgan fingerprint density at radius 1 is 0.414 bits per heavy atom. The van der Waals surface area contributed by atoms with Crippen LogP contribution in [0.3, 0.4) is 0 Å². The van der Waals surface area contributed by atoms with Crippen LogP contribution < -0.4 is 10.2 Å². The number of allylic oxidation sites excluding steroid dienone is 13. The topological polar surface area (TPSA) is 114 Å². The zero-order chi connectivity index (χ0) is 63.5. The van der Waals surface area contributed by atoms with E-state index in [2.05, 4.69) is 99.0 Å². The lowest BCUT2D eigenvalue weighted by Gasteiger charge is -2.30. The van der Waals surface area contributed by atoms with E-state index in [1.807, 2.05) is 33.3 Å². The Morgan fingerprint density at radius 2 is 0.736 bits per heavy atom. The van der Waals surface area contributed by atoms with Crippen LogP contribution in [0.4, 0.5) is 0 Å². The monoisotopic (exact) mass is 1240 g/mol. The van der Waals surface area contributed by atoms with Crippen LogP contribution in [0.25, 0.3) is 0 Å². The fourth-order valence-corrected chi connectivity index (χ4v) is 11.4.